The lowest BCUT2D eigenvalue weighted by atomic mass is 10.1. The van der Waals surface area contributed by atoms with Crippen LogP contribution in [0, 0.1) is 0 Å². The maximum Gasteiger partial charge on any atom is 0.422 e. The second-order valence-corrected chi connectivity index (χ2v) is 5.93. The first kappa shape index (κ1) is 18.9. The Bertz CT molecular complexity index is 526. The van der Waals surface area contributed by atoms with Gasteiger partial charge in [0.2, 0.25) is 0 Å². The molecule has 0 heterocycles. The van der Waals surface area contributed by atoms with E-state index < -0.39 is 11.7 Å². The van der Waals surface area contributed by atoms with Crippen molar-refractivity contribution in [1.29, 1.82) is 0 Å². The lowest BCUT2D eigenvalue weighted by molar-refractivity contribution is 0.0496. The number of amides is 2. The number of ether oxygens (including phenoxy) is 2. The van der Waals surface area contributed by atoms with Gasteiger partial charge in [0.15, 0.2) is 0 Å². The van der Waals surface area contributed by atoms with Crippen LogP contribution in [0.25, 0.3) is 0 Å². The summed E-state index contributed by atoms with van der Waals surface area (Å²) in [5.74, 6) is -0.163. The molecular weight excluding hydrogens is 298 g/mol. The van der Waals surface area contributed by atoms with Crippen molar-refractivity contribution in [3.8, 4) is 0 Å². The van der Waals surface area contributed by atoms with Gasteiger partial charge < -0.3 is 14.8 Å². The molecule has 0 aliphatic carbocycles. The summed E-state index contributed by atoms with van der Waals surface area (Å²) in [4.78, 5) is 23.4. The van der Waals surface area contributed by atoms with Crippen LogP contribution in [0.5, 0.6) is 0 Å². The number of hydrogen-bond donors (Lipinski definition) is 3. The second-order valence-electron chi connectivity index (χ2n) is 5.93. The number of rotatable bonds is 7. The molecule has 0 aromatic heterocycles. The van der Waals surface area contributed by atoms with Crippen LogP contribution in [0.2, 0.25) is 0 Å². The van der Waals surface area contributed by atoms with Crippen molar-refractivity contribution in [2.24, 2.45) is 0 Å². The molecular formula is C16H25N3O4. The predicted molar refractivity (Wildman–Crippen MR) is 86.9 cm³/mol. The number of carbonyl (C=O) groups is 2. The summed E-state index contributed by atoms with van der Waals surface area (Å²) in [6.07, 6.45) is -0.550. The molecule has 2 amide bonds. The standard InChI is InChI=1S/C16H25N3O4/c1-16(2,3)23-15(21)19-18-11-12-6-5-7-13(10-12)14(20)17-8-9-22-4/h5-7,10,18H,8-9,11H2,1-4H3,(H,17,20)(H,19,21). The fourth-order valence-electron chi connectivity index (χ4n) is 1.71. The molecule has 0 radical (unpaired) electrons. The third-order valence-electron chi connectivity index (χ3n) is 2.66. The van der Waals surface area contributed by atoms with E-state index in [1.165, 1.54) is 0 Å². The van der Waals surface area contributed by atoms with Gasteiger partial charge in [-0.15, -0.1) is 0 Å². The van der Waals surface area contributed by atoms with E-state index in [2.05, 4.69) is 16.2 Å². The lowest BCUT2D eigenvalue weighted by Gasteiger charge is -2.19. The van der Waals surface area contributed by atoms with E-state index in [4.69, 9.17) is 9.47 Å². The maximum absolute atomic E-state index is 11.9. The van der Waals surface area contributed by atoms with E-state index in [9.17, 15) is 9.59 Å². The molecule has 0 fully saturated rings. The van der Waals surface area contributed by atoms with E-state index in [1.54, 1.807) is 46.1 Å². The Balaban J connectivity index is 2.45. The monoisotopic (exact) mass is 323 g/mol. The van der Waals surface area contributed by atoms with Crippen molar-refractivity contribution in [2.45, 2.75) is 32.9 Å². The zero-order valence-electron chi connectivity index (χ0n) is 14.1. The van der Waals surface area contributed by atoms with Gasteiger partial charge in [-0.2, -0.15) is 0 Å². The zero-order valence-corrected chi connectivity index (χ0v) is 14.1. The molecule has 0 atom stereocenters. The normalized spacial score (nSPS) is 11.0. The summed E-state index contributed by atoms with van der Waals surface area (Å²) < 4.78 is 9.99. The highest BCUT2D eigenvalue weighted by atomic mass is 16.6. The number of methoxy groups -OCH3 is 1. The molecule has 0 spiro atoms. The Kier molecular flexibility index (Phi) is 7.50. The molecule has 0 saturated heterocycles. The molecule has 3 N–H and O–H groups in total. The molecule has 0 aliphatic heterocycles. The maximum atomic E-state index is 11.9. The summed E-state index contributed by atoms with van der Waals surface area (Å²) >= 11 is 0. The van der Waals surface area contributed by atoms with Crippen molar-refractivity contribution < 1.29 is 19.1 Å². The van der Waals surface area contributed by atoms with Gasteiger partial charge in [0.1, 0.15) is 5.60 Å². The predicted octanol–water partition coefficient (Wildman–Crippen LogP) is 1.59. The van der Waals surface area contributed by atoms with Crippen molar-refractivity contribution in [3.05, 3.63) is 35.4 Å². The van der Waals surface area contributed by atoms with Crippen molar-refractivity contribution >= 4 is 12.0 Å². The van der Waals surface area contributed by atoms with Crippen molar-refractivity contribution in [3.63, 3.8) is 0 Å². The van der Waals surface area contributed by atoms with Crippen LogP contribution in [0.3, 0.4) is 0 Å². The van der Waals surface area contributed by atoms with Crippen LogP contribution < -0.4 is 16.2 Å². The highest BCUT2D eigenvalue weighted by molar-refractivity contribution is 5.94. The van der Waals surface area contributed by atoms with Crippen LogP contribution in [-0.2, 0) is 16.0 Å². The molecule has 7 heteroatoms. The minimum Gasteiger partial charge on any atom is -0.443 e. The molecule has 0 bridgehead atoms. The fourth-order valence-corrected chi connectivity index (χ4v) is 1.71. The highest BCUT2D eigenvalue weighted by Crippen LogP contribution is 2.07. The SMILES string of the molecule is COCCNC(=O)c1cccc(CNNC(=O)OC(C)(C)C)c1. The van der Waals surface area contributed by atoms with Gasteiger partial charge in [-0.3, -0.25) is 10.2 Å². The van der Waals surface area contributed by atoms with Gasteiger partial charge in [0.05, 0.1) is 6.61 Å². The second kappa shape index (κ2) is 9.12. The molecule has 23 heavy (non-hydrogen) atoms. The molecule has 128 valence electrons. The number of benzene rings is 1. The average Bonchev–Trinajstić information content (AvgIpc) is 2.46. The minimum atomic E-state index is -0.550. The van der Waals surface area contributed by atoms with Crippen LogP contribution in [0.15, 0.2) is 24.3 Å². The third kappa shape index (κ3) is 8.18. The Morgan fingerprint density at radius 3 is 2.61 bits per heavy atom. The van der Waals surface area contributed by atoms with Crippen LogP contribution in [0.1, 0.15) is 36.7 Å². The number of nitrogens with one attached hydrogen (secondary N) is 3. The Morgan fingerprint density at radius 2 is 1.96 bits per heavy atom. The minimum absolute atomic E-state index is 0.163. The zero-order chi connectivity index (χ0) is 17.3. The van der Waals surface area contributed by atoms with Gasteiger partial charge >= 0.3 is 6.09 Å². The molecule has 0 saturated carbocycles. The first-order chi connectivity index (χ1) is 10.8. The lowest BCUT2D eigenvalue weighted by Crippen LogP contribution is -2.40. The Labute approximate surface area is 136 Å². The summed E-state index contributed by atoms with van der Waals surface area (Å²) in [7, 11) is 1.58. The fraction of sp³-hybridized carbons (Fsp3) is 0.500. The van der Waals surface area contributed by atoms with Crippen LogP contribution in [-0.4, -0.2) is 37.9 Å². The first-order valence-corrected chi connectivity index (χ1v) is 7.40. The van der Waals surface area contributed by atoms with Gasteiger partial charge in [-0.1, -0.05) is 12.1 Å². The molecule has 1 aromatic carbocycles. The molecule has 1 aromatic rings. The Hall–Kier alpha value is -2.12. The van der Waals surface area contributed by atoms with Crippen LogP contribution in [0.4, 0.5) is 4.79 Å². The largest absolute Gasteiger partial charge is 0.443 e. The molecule has 0 aliphatic rings. The number of hydrogen-bond acceptors (Lipinski definition) is 5. The molecule has 1 rings (SSSR count). The van der Waals surface area contributed by atoms with Crippen molar-refractivity contribution in [1.82, 2.24) is 16.2 Å². The van der Waals surface area contributed by atoms with Gasteiger partial charge in [0.25, 0.3) is 5.91 Å². The summed E-state index contributed by atoms with van der Waals surface area (Å²) in [6.45, 7) is 6.66. The van der Waals surface area contributed by atoms with E-state index in [1.807, 2.05) is 6.07 Å². The van der Waals surface area contributed by atoms with Crippen molar-refractivity contribution in [2.75, 3.05) is 20.3 Å². The Morgan fingerprint density at radius 1 is 1.22 bits per heavy atom. The number of hydrazine groups is 1. The average molecular weight is 323 g/mol. The van der Waals surface area contributed by atoms with E-state index >= 15 is 0 Å². The number of carbonyl (C=O) groups excluding carboxylic acids is 2. The molecule has 7 nitrogen and oxygen atoms in total. The highest BCUT2D eigenvalue weighted by Gasteiger charge is 2.15. The van der Waals surface area contributed by atoms with Crippen LogP contribution >= 0.6 is 0 Å². The van der Waals surface area contributed by atoms with E-state index in [-0.39, 0.29) is 5.91 Å². The van der Waals surface area contributed by atoms with Gasteiger partial charge in [0, 0.05) is 25.8 Å². The van der Waals surface area contributed by atoms with E-state index in [0.717, 1.165) is 5.56 Å². The molecule has 0 unspecified atom stereocenters. The third-order valence-corrected chi connectivity index (χ3v) is 2.66. The van der Waals surface area contributed by atoms with Gasteiger partial charge in [-0.05, 0) is 38.5 Å². The van der Waals surface area contributed by atoms with Gasteiger partial charge in [-0.25, -0.2) is 10.2 Å². The summed E-state index contributed by atoms with van der Waals surface area (Å²) in [6, 6.07) is 7.13. The summed E-state index contributed by atoms with van der Waals surface area (Å²) in [5.41, 5.74) is 6.08. The topological polar surface area (TPSA) is 88.7 Å². The first-order valence-electron chi connectivity index (χ1n) is 7.40. The van der Waals surface area contributed by atoms with E-state index in [0.29, 0.717) is 25.3 Å². The quantitative estimate of drug-likeness (QED) is 0.524. The smallest absolute Gasteiger partial charge is 0.422 e. The summed E-state index contributed by atoms with van der Waals surface area (Å²) in [5, 5.41) is 2.75.